The molecule has 1 saturated heterocycles. The van der Waals surface area contributed by atoms with Gasteiger partial charge in [0.2, 0.25) is 0 Å². The van der Waals surface area contributed by atoms with Crippen LogP contribution in [0.1, 0.15) is 52.4 Å². The monoisotopic (exact) mass is 252 g/mol. The van der Waals surface area contributed by atoms with Gasteiger partial charge in [-0.3, -0.25) is 0 Å². The van der Waals surface area contributed by atoms with E-state index in [9.17, 15) is 0 Å². The van der Waals surface area contributed by atoms with E-state index in [2.05, 4.69) is 31.1 Å². The lowest BCUT2D eigenvalue weighted by molar-refractivity contribution is 0.334. The number of rotatable bonds is 4. The minimum absolute atomic E-state index is 0.805. The minimum atomic E-state index is 0.805. The average Bonchev–Trinajstić information content (AvgIpc) is 2.62. The Bertz CT molecular complexity index is 239. The fraction of sp³-hybridized carbons (Fsp3) is 1.00. The molecule has 1 N–H and O–H groups in total. The predicted molar refractivity (Wildman–Crippen MR) is 78.8 cm³/mol. The molecule has 1 aliphatic heterocycles. The van der Waals surface area contributed by atoms with Crippen LogP contribution in [0.5, 0.6) is 0 Å². The maximum atomic E-state index is 3.86. The first-order valence-corrected chi connectivity index (χ1v) is 8.07. The summed E-state index contributed by atoms with van der Waals surface area (Å²) < 4.78 is 0. The van der Waals surface area contributed by atoms with Crippen LogP contribution in [0.2, 0.25) is 0 Å². The van der Waals surface area contributed by atoms with Gasteiger partial charge in [0.05, 0.1) is 0 Å². The van der Waals surface area contributed by atoms with E-state index < -0.39 is 0 Å². The van der Waals surface area contributed by atoms with Gasteiger partial charge in [-0.05, 0) is 63.6 Å². The van der Waals surface area contributed by atoms with Crippen LogP contribution < -0.4 is 5.32 Å². The van der Waals surface area contributed by atoms with Crippen LogP contribution >= 0.6 is 0 Å². The van der Waals surface area contributed by atoms with Gasteiger partial charge >= 0.3 is 0 Å². The van der Waals surface area contributed by atoms with Gasteiger partial charge in [0, 0.05) is 12.6 Å². The van der Waals surface area contributed by atoms with Gasteiger partial charge in [0.15, 0.2) is 0 Å². The molecule has 2 heteroatoms. The van der Waals surface area contributed by atoms with Crippen molar-refractivity contribution >= 4 is 0 Å². The molecule has 0 aromatic heterocycles. The molecule has 1 saturated carbocycles. The van der Waals surface area contributed by atoms with E-state index in [0.29, 0.717) is 0 Å². The van der Waals surface area contributed by atoms with Crippen molar-refractivity contribution in [1.82, 2.24) is 10.2 Å². The van der Waals surface area contributed by atoms with Gasteiger partial charge in [-0.15, -0.1) is 0 Å². The zero-order chi connectivity index (χ0) is 13.0. The topological polar surface area (TPSA) is 15.3 Å². The molecule has 0 spiro atoms. The molecule has 18 heavy (non-hydrogen) atoms. The first-order valence-electron chi connectivity index (χ1n) is 8.07. The highest BCUT2D eigenvalue weighted by Crippen LogP contribution is 2.29. The van der Waals surface area contributed by atoms with Gasteiger partial charge < -0.3 is 10.2 Å². The zero-order valence-electron chi connectivity index (χ0n) is 12.6. The molecule has 0 bridgehead atoms. The van der Waals surface area contributed by atoms with Gasteiger partial charge in [-0.1, -0.05) is 26.7 Å². The van der Waals surface area contributed by atoms with Crippen LogP contribution in [0.25, 0.3) is 0 Å². The second-order valence-electron chi connectivity index (χ2n) is 7.03. The van der Waals surface area contributed by atoms with E-state index >= 15 is 0 Å². The Morgan fingerprint density at radius 3 is 2.61 bits per heavy atom. The molecule has 1 aliphatic carbocycles. The van der Waals surface area contributed by atoms with Crippen molar-refractivity contribution in [1.29, 1.82) is 0 Å². The van der Waals surface area contributed by atoms with Crippen molar-refractivity contribution in [3.63, 3.8) is 0 Å². The first-order chi connectivity index (χ1) is 8.65. The molecular formula is C16H32N2. The molecule has 0 aromatic carbocycles. The Morgan fingerprint density at radius 1 is 1.11 bits per heavy atom. The van der Waals surface area contributed by atoms with Crippen LogP contribution in [-0.2, 0) is 0 Å². The lowest BCUT2D eigenvalue weighted by atomic mass is 9.89. The van der Waals surface area contributed by atoms with E-state index in [1.54, 1.807) is 0 Å². The van der Waals surface area contributed by atoms with Crippen LogP contribution in [0.15, 0.2) is 0 Å². The summed E-state index contributed by atoms with van der Waals surface area (Å²) in [5.41, 5.74) is 0. The van der Waals surface area contributed by atoms with E-state index in [1.165, 1.54) is 58.2 Å². The Morgan fingerprint density at radius 2 is 1.94 bits per heavy atom. The first kappa shape index (κ1) is 14.3. The summed E-state index contributed by atoms with van der Waals surface area (Å²) >= 11 is 0. The van der Waals surface area contributed by atoms with Crippen molar-refractivity contribution < 1.29 is 0 Å². The van der Waals surface area contributed by atoms with Crippen LogP contribution in [0, 0.1) is 17.8 Å². The molecule has 2 fully saturated rings. The van der Waals surface area contributed by atoms with Crippen molar-refractivity contribution in [3.05, 3.63) is 0 Å². The molecule has 106 valence electrons. The highest BCUT2D eigenvalue weighted by atomic mass is 15.1. The maximum absolute atomic E-state index is 3.86. The molecule has 2 nitrogen and oxygen atoms in total. The Balaban J connectivity index is 1.67. The van der Waals surface area contributed by atoms with Crippen LogP contribution in [0.4, 0.5) is 0 Å². The molecular weight excluding hydrogens is 220 g/mol. The third-order valence-electron chi connectivity index (χ3n) is 5.14. The third kappa shape index (κ3) is 4.24. The Labute approximate surface area is 114 Å². The van der Waals surface area contributed by atoms with E-state index in [4.69, 9.17) is 0 Å². The molecule has 2 aliphatic rings. The molecule has 0 aromatic rings. The van der Waals surface area contributed by atoms with E-state index in [-0.39, 0.29) is 0 Å². The summed E-state index contributed by atoms with van der Waals surface area (Å²) in [7, 11) is 2.25. The molecule has 2 rings (SSSR count). The molecule has 3 unspecified atom stereocenters. The smallest absolute Gasteiger partial charge is 0.00672 e. The van der Waals surface area contributed by atoms with Crippen molar-refractivity contribution in [3.8, 4) is 0 Å². The SMILES string of the molecule is CC(C)C1CCCC(NCC2CCN(C)C2)CC1. The quantitative estimate of drug-likeness (QED) is 0.773. The molecule has 1 heterocycles. The molecule has 0 amide bonds. The summed E-state index contributed by atoms with van der Waals surface area (Å²) in [5, 5.41) is 3.86. The fourth-order valence-electron chi connectivity index (χ4n) is 3.73. The van der Waals surface area contributed by atoms with E-state index in [0.717, 1.165) is 23.8 Å². The van der Waals surface area contributed by atoms with Gasteiger partial charge in [0.25, 0.3) is 0 Å². The number of hydrogen-bond donors (Lipinski definition) is 1. The van der Waals surface area contributed by atoms with Crippen LogP contribution in [0.3, 0.4) is 0 Å². The predicted octanol–water partition coefficient (Wildman–Crippen LogP) is 3.13. The average molecular weight is 252 g/mol. The Kier molecular flexibility index (Phi) is 5.50. The van der Waals surface area contributed by atoms with Crippen molar-refractivity contribution in [2.75, 3.05) is 26.7 Å². The second-order valence-corrected chi connectivity index (χ2v) is 7.03. The number of hydrogen-bond acceptors (Lipinski definition) is 2. The zero-order valence-corrected chi connectivity index (χ0v) is 12.6. The number of likely N-dealkylation sites (tertiary alicyclic amines) is 1. The lowest BCUT2D eigenvalue weighted by Gasteiger charge is -2.20. The van der Waals surface area contributed by atoms with Crippen molar-refractivity contribution in [2.24, 2.45) is 17.8 Å². The summed E-state index contributed by atoms with van der Waals surface area (Å²) in [4.78, 5) is 2.47. The third-order valence-corrected chi connectivity index (χ3v) is 5.14. The summed E-state index contributed by atoms with van der Waals surface area (Å²) in [6.45, 7) is 8.64. The fourth-order valence-corrected chi connectivity index (χ4v) is 3.73. The normalized spacial score (nSPS) is 35.0. The number of nitrogens with zero attached hydrogens (tertiary/aromatic N) is 1. The molecule has 0 radical (unpaired) electrons. The van der Waals surface area contributed by atoms with E-state index in [1.807, 2.05) is 0 Å². The summed E-state index contributed by atoms with van der Waals surface area (Å²) in [5.74, 6) is 2.76. The van der Waals surface area contributed by atoms with Gasteiger partial charge in [-0.2, -0.15) is 0 Å². The lowest BCUT2D eigenvalue weighted by Crippen LogP contribution is -2.34. The van der Waals surface area contributed by atoms with Gasteiger partial charge in [0.1, 0.15) is 0 Å². The molecule has 3 atom stereocenters. The highest BCUT2D eigenvalue weighted by Gasteiger charge is 2.23. The van der Waals surface area contributed by atoms with Crippen LogP contribution in [-0.4, -0.2) is 37.6 Å². The summed E-state index contributed by atoms with van der Waals surface area (Å²) in [6, 6.07) is 0.805. The standard InChI is InChI=1S/C16H32N2/c1-13(2)15-5-4-6-16(8-7-15)17-11-14-9-10-18(3)12-14/h13-17H,4-12H2,1-3H3. The largest absolute Gasteiger partial charge is 0.314 e. The number of nitrogens with one attached hydrogen (secondary N) is 1. The maximum Gasteiger partial charge on any atom is 0.00672 e. The summed E-state index contributed by atoms with van der Waals surface area (Å²) in [6.07, 6.45) is 8.55. The Hall–Kier alpha value is -0.0800. The second kappa shape index (κ2) is 6.91. The van der Waals surface area contributed by atoms with Gasteiger partial charge in [-0.25, -0.2) is 0 Å². The minimum Gasteiger partial charge on any atom is -0.314 e. The highest BCUT2D eigenvalue weighted by molar-refractivity contribution is 4.80. The van der Waals surface area contributed by atoms with Crippen molar-refractivity contribution in [2.45, 2.75) is 58.4 Å².